The maximum atomic E-state index is 13.7. The molecule has 0 fully saturated rings. The van der Waals surface area contributed by atoms with Crippen LogP contribution in [0.15, 0.2) is 58.4 Å². The summed E-state index contributed by atoms with van der Waals surface area (Å²) in [5.41, 5.74) is 1.57. The number of rotatable bonds is 7. The number of benzene rings is 2. The minimum absolute atomic E-state index is 0. The van der Waals surface area contributed by atoms with Crippen LogP contribution in [0.4, 0.5) is 4.39 Å². The second kappa shape index (κ2) is 11.2. The summed E-state index contributed by atoms with van der Waals surface area (Å²) < 4.78 is 36.6. The normalized spacial score (nSPS) is 11.6. The molecule has 0 saturated heterocycles. The zero-order chi connectivity index (χ0) is 19.0. The summed E-state index contributed by atoms with van der Waals surface area (Å²) in [5.74, 6) is 0.349. The fourth-order valence-electron chi connectivity index (χ4n) is 2.36. The van der Waals surface area contributed by atoms with Crippen LogP contribution in [0, 0.1) is 5.82 Å². The highest BCUT2D eigenvalue weighted by Crippen LogP contribution is 2.10. The van der Waals surface area contributed by atoms with Crippen LogP contribution >= 0.6 is 24.0 Å². The van der Waals surface area contributed by atoms with Crippen LogP contribution < -0.4 is 10.6 Å². The van der Waals surface area contributed by atoms with Crippen molar-refractivity contribution >= 4 is 39.8 Å². The topological polar surface area (TPSA) is 70.6 Å². The van der Waals surface area contributed by atoms with Gasteiger partial charge in [-0.1, -0.05) is 30.3 Å². The van der Waals surface area contributed by atoms with Gasteiger partial charge in [0.05, 0.1) is 11.4 Å². The molecule has 148 valence electrons. The molecule has 2 rings (SSSR count). The van der Waals surface area contributed by atoms with Crippen molar-refractivity contribution in [2.24, 2.45) is 4.99 Å². The zero-order valence-electron chi connectivity index (χ0n) is 15.4. The van der Waals surface area contributed by atoms with Crippen LogP contribution in [-0.4, -0.2) is 33.7 Å². The third-order valence-corrected chi connectivity index (χ3v) is 4.90. The number of halogens is 2. The Hall–Kier alpha value is -1.68. The Morgan fingerprint density at radius 2 is 1.74 bits per heavy atom. The lowest BCUT2D eigenvalue weighted by molar-refractivity contribution is 0.602. The first-order chi connectivity index (χ1) is 12.4. The van der Waals surface area contributed by atoms with E-state index in [-0.39, 0.29) is 36.3 Å². The van der Waals surface area contributed by atoms with Gasteiger partial charge in [0.2, 0.25) is 0 Å². The van der Waals surface area contributed by atoms with Crippen molar-refractivity contribution in [1.29, 1.82) is 0 Å². The summed E-state index contributed by atoms with van der Waals surface area (Å²) in [6.45, 7) is 3.54. The van der Waals surface area contributed by atoms with Gasteiger partial charge < -0.3 is 10.6 Å². The van der Waals surface area contributed by atoms with Crippen molar-refractivity contribution in [3.8, 4) is 0 Å². The monoisotopic (exact) mass is 505 g/mol. The van der Waals surface area contributed by atoms with Crippen molar-refractivity contribution in [3.05, 3.63) is 65.5 Å². The Bertz CT molecular complexity index is 856. The number of hydrogen-bond acceptors (Lipinski definition) is 3. The van der Waals surface area contributed by atoms with Crippen molar-refractivity contribution < 1.29 is 12.8 Å². The summed E-state index contributed by atoms with van der Waals surface area (Å²) in [6, 6.07) is 13.4. The van der Waals surface area contributed by atoms with Crippen LogP contribution in [0.2, 0.25) is 0 Å². The molecular weight excluding hydrogens is 480 g/mol. The van der Waals surface area contributed by atoms with Crippen molar-refractivity contribution in [2.75, 3.05) is 19.3 Å². The molecule has 5 nitrogen and oxygen atoms in total. The van der Waals surface area contributed by atoms with Crippen molar-refractivity contribution in [3.63, 3.8) is 0 Å². The molecule has 0 bridgehead atoms. The molecule has 0 aliphatic rings. The highest BCUT2D eigenvalue weighted by molar-refractivity contribution is 14.0. The van der Waals surface area contributed by atoms with Crippen molar-refractivity contribution in [1.82, 2.24) is 10.6 Å². The van der Waals surface area contributed by atoms with Crippen LogP contribution in [-0.2, 0) is 22.8 Å². The number of hydrogen-bond donors (Lipinski definition) is 2. The molecule has 2 aromatic rings. The minimum Gasteiger partial charge on any atom is -0.357 e. The molecule has 0 atom stereocenters. The molecule has 0 spiro atoms. The molecule has 0 aliphatic carbocycles. The molecule has 2 aromatic carbocycles. The molecule has 0 amide bonds. The van der Waals surface area contributed by atoms with E-state index in [0.717, 1.165) is 5.56 Å². The van der Waals surface area contributed by atoms with Gasteiger partial charge in [-0.15, -0.1) is 24.0 Å². The number of nitrogens with one attached hydrogen (secondary N) is 2. The third-order valence-electron chi connectivity index (χ3n) is 3.77. The fraction of sp³-hybridized carbons (Fsp3) is 0.316. The summed E-state index contributed by atoms with van der Waals surface area (Å²) in [5, 5.41) is 6.33. The first kappa shape index (κ1) is 23.4. The second-order valence-corrected chi connectivity index (χ2v) is 7.90. The van der Waals surface area contributed by atoms with Gasteiger partial charge in [0.25, 0.3) is 0 Å². The van der Waals surface area contributed by atoms with E-state index in [9.17, 15) is 12.8 Å². The van der Waals surface area contributed by atoms with E-state index in [4.69, 9.17) is 0 Å². The molecule has 27 heavy (non-hydrogen) atoms. The molecule has 2 N–H and O–H groups in total. The van der Waals surface area contributed by atoms with E-state index < -0.39 is 9.84 Å². The average Bonchev–Trinajstić information content (AvgIpc) is 2.60. The van der Waals surface area contributed by atoms with Gasteiger partial charge in [-0.2, -0.15) is 0 Å². The Balaban J connectivity index is 0.00000364. The van der Waals surface area contributed by atoms with Gasteiger partial charge in [0.15, 0.2) is 15.8 Å². The van der Waals surface area contributed by atoms with E-state index in [1.165, 1.54) is 12.3 Å². The van der Waals surface area contributed by atoms with Gasteiger partial charge in [-0.05, 0) is 37.1 Å². The van der Waals surface area contributed by atoms with Crippen molar-refractivity contribution in [2.45, 2.75) is 24.8 Å². The molecule has 0 heterocycles. The first-order valence-corrected chi connectivity index (χ1v) is 10.3. The highest BCUT2D eigenvalue weighted by atomic mass is 127. The smallest absolute Gasteiger partial charge is 0.191 e. The minimum atomic E-state index is -3.17. The molecule has 8 heteroatoms. The molecule has 0 aliphatic heterocycles. The summed E-state index contributed by atoms with van der Waals surface area (Å²) in [4.78, 5) is 4.71. The Morgan fingerprint density at radius 1 is 1.07 bits per heavy atom. The van der Waals surface area contributed by atoms with Gasteiger partial charge >= 0.3 is 0 Å². The van der Waals surface area contributed by atoms with E-state index in [2.05, 4.69) is 15.6 Å². The maximum absolute atomic E-state index is 13.7. The highest BCUT2D eigenvalue weighted by Gasteiger charge is 2.06. The lowest BCUT2D eigenvalue weighted by atomic mass is 10.1. The SMILES string of the molecule is CCNC(=NCc1ccccc1F)NCCc1ccc(S(C)(=O)=O)cc1.I. The molecule has 0 unspecified atom stereocenters. The van der Waals surface area contributed by atoms with E-state index in [0.29, 0.717) is 35.9 Å². The molecule has 0 saturated carbocycles. The Kier molecular flexibility index (Phi) is 9.71. The van der Waals surface area contributed by atoms with Crippen LogP contribution in [0.25, 0.3) is 0 Å². The predicted molar refractivity (Wildman–Crippen MR) is 118 cm³/mol. The van der Waals surface area contributed by atoms with Crippen LogP contribution in [0.1, 0.15) is 18.1 Å². The number of sulfone groups is 1. The molecule has 0 aromatic heterocycles. The number of guanidine groups is 1. The lowest BCUT2D eigenvalue weighted by Gasteiger charge is -2.11. The van der Waals surface area contributed by atoms with Gasteiger partial charge in [-0.25, -0.2) is 17.8 Å². The molecular formula is C19H25FIN3O2S. The fourth-order valence-corrected chi connectivity index (χ4v) is 2.99. The Morgan fingerprint density at radius 3 is 2.33 bits per heavy atom. The third kappa shape index (κ3) is 7.84. The van der Waals surface area contributed by atoms with Gasteiger partial charge in [-0.3, -0.25) is 0 Å². The number of aliphatic imine (C=N–C) groups is 1. The van der Waals surface area contributed by atoms with Gasteiger partial charge in [0, 0.05) is 24.9 Å². The summed E-state index contributed by atoms with van der Waals surface area (Å²) in [7, 11) is -3.17. The number of nitrogens with zero attached hydrogens (tertiary/aromatic N) is 1. The lowest BCUT2D eigenvalue weighted by Crippen LogP contribution is -2.38. The first-order valence-electron chi connectivity index (χ1n) is 8.44. The standard InChI is InChI=1S/C19H24FN3O2S.HI/c1-3-21-19(23-14-16-6-4-5-7-18(16)20)22-13-12-15-8-10-17(11-9-15)26(2,24)25;/h4-11H,3,12-14H2,1-2H3,(H2,21,22,23);1H. The van der Waals surface area contributed by atoms with Crippen LogP contribution in [0.5, 0.6) is 0 Å². The van der Waals surface area contributed by atoms with E-state index in [1.807, 2.05) is 19.1 Å². The van der Waals surface area contributed by atoms with E-state index >= 15 is 0 Å². The predicted octanol–water partition coefficient (Wildman–Crippen LogP) is 3.15. The quantitative estimate of drug-likeness (QED) is 0.345. The summed E-state index contributed by atoms with van der Waals surface area (Å²) >= 11 is 0. The van der Waals surface area contributed by atoms with E-state index in [1.54, 1.807) is 30.3 Å². The largest absolute Gasteiger partial charge is 0.357 e. The maximum Gasteiger partial charge on any atom is 0.191 e. The summed E-state index contributed by atoms with van der Waals surface area (Å²) in [6.07, 6.45) is 1.91. The Labute approximate surface area is 177 Å². The van der Waals surface area contributed by atoms with Crippen LogP contribution in [0.3, 0.4) is 0 Å². The second-order valence-electron chi connectivity index (χ2n) is 5.88. The molecule has 0 radical (unpaired) electrons. The average molecular weight is 505 g/mol. The van der Waals surface area contributed by atoms with Gasteiger partial charge in [0.1, 0.15) is 5.82 Å². The zero-order valence-corrected chi connectivity index (χ0v) is 18.6.